The fourth-order valence-corrected chi connectivity index (χ4v) is 2.23. The SMILES string of the molecule is COc1ccc2cc(CNc3ccc[nH]c3=O)c(=O)[nH]c2c1. The third-order valence-electron chi connectivity index (χ3n) is 3.42. The summed E-state index contributed by atoms with van der Waals surface area (Å²) in [5.74, 6) is 0.685. The van der Waals surface area contributed by atoms with Gasteiger partial charge in [0.15, 0.2) is 0 Å². The number of ether oxygens (including phenoxy) is 1. The van der Waals surface area contributed by atoms with Crippen molar-refractivity contribution in [2.24, 2.45) is 0 Å². The molecule has 3 rings (SSSR count). The van der Waals surface area contributed by atoms with Gasteiger partial charge in [0.1, 0.15) is 11.4 Å². The summed E-state index contributed by atoms with van der Waals surface area (Å²) < 4.78 is 5.14. The first-order chi connectivity index (χ1) is 10.7. The van der Waals surface area contributed by atoms with Gasteiger partial charge in [0.05, 0.1) is 12.6 Å². The standard InChI is InChI=1S/C16H15N3O3/c1-22-12-5-4-10-7-11(15(20)19-14(10)8-12)9-18-13-3-2-6-17-16(13)21/h2-8,18H,9H2,1H3,(H,17,21)(H,19,20). The second-order valence-corrected chi connectivity index (χ2v) is 4.84. The van der Waals surface area contributed by atoms with Crippen molar-refractivity contribution >= 4 is 16.6 Å². The molecule has 0 spiro atoms. The minimum atomic E-state index is -0.218. The molecule has 0 saturated carbocycles. The van der Waals surface area contributed by atoms with Crippen molar-refractivity contribution < 1.29 is 4.74 Å². The molecule has 0 aliphatic heterocycles. The summed E-state index contributed by atoms with van der Waals surface area (Å²) in [5, 5.41) is 3.87. The van der Waals surface area contributed by atoms with Crippen molar-refractivity contribution in [3.63, 3.8) is 0 Å². The van der Waals surface area contributed by atoms with Crippen molar-refractivity contribution in [3.8, 4) is 5.75 Å². The topological polar surface area (TPSA) is 87.0 Å². The molecule has 22 heavy (non-hydrogen) atoms. The van der Waals surface area contributed by atoms with Crippen LogP contribution in [0.1, 0.15) is 5.56 Å². The quantitative estimate of drug-likeness (QED) is 0.685. The highest BCUT2D eigenvalue weighted by Crippen LogP contribution is 2.18. The summed E-state index contributed by atoms with van der Waals surface area (Å²) >= 11 is 0. The van der Waals surface area contributed by atoms with E-state index < -0.39 is 0 Å². The Kier molecular flexibility index (Phi) is 3.65. The number of aromatic amines is 2. The van der Waals surface area contributed by atoms with E-state index in [9.17, 15) is 9.59 Å². The monoisotopic (exact) mass is 297 g/mol. The van der Waals surface area contributed by atoms with E-state index in [1.807, 2.05) is 12.1 Å². The summed E-state index contributed by atoms with van der Waals surface area (Å²) in [4.78, 5) is 29.1. The van der Waals surface area contributed by atoms with Crippen LogP contribution in [0, 0.1) is 0 Å². The van der Waals surface area contributed by atoms with Gasteiger partial charge in [-0.2, -0.15) is 0 Å². The van der Waals surface area contributed by atoms with Crippen molar-refractivity contribution in [1.29, 1.82) is 0 Å². The minimum Gasteiger partial charge on any atom is -0.497 e. The van der Waals surface area contributed by atoms with Crippen LogP contribution in [-0.4, -0.2) is 17.1 Å². The molecule has 0 amide bonds. The molecule has 6 nitrogen and oxygen atoms in total. The van der Waals surface area contributed by atoms with Gasteiger partial charge < -0.3 is 20.0 Å². The van der Waals surface area contributed by atoms with Crippen molar-refractivity contribution in [1.82, 2.24) is 9.97 Å². The number of nitrogens with one attached hydrogen (secondary N) is 3. The van der Waals surface area contributed by atoms with Crippen LogP contribution in [0.5, 0.6) is 5.75 Å². The number of anilines is 1. The van der Waals surface area contributed by atoms with E-state index in [4.69, 9.17) is 4.74 Å². The lowest BCUT2D eigenvalue weighted by molar-refractivity contribution is 0.415. The molecule has 0 aliphatic carbocycles. The molecule has 0 radical (unpaired) electrons. The summed E-state index contributed by atoms with van der Waals surface area (Å²) in [5.41, 5.74) is 1.29. The van der Waals surface area contributed by atoms with Crippen LogP contribution in [0.3, 0.4) is 0 Å². The van der Waals surface area contributed by atoms with Crippen LogP contribution in [-0.2, 0) is 6.54 Å². The van der Waals surface area contributed by atoms with Gasteiger partial charge in [-0.15, -0.1) is 0 Å². The molecule has 0 aliphatic rings. The Morgan fingerprint density at radius 1 is 1.14 bits per heavy atom. The first-order valence-electron chi connectivity index (χ1n) is 6.79. The average Bonchev–Trinajstić information content (AvgIpc) is 2.53. The first-order valence-corrected chi connectivity index (χ1v) is 6.79. The molecule has 0 atom stereocenters. The Morgan fingerprint density at radius 3 is 2.77 bits per heavy atom. The largest absolute Gasteiger partial charge is 0.497 e. The molecular formula is C16H15N3O3. The molecular weight excluding hydrogens is 282 g/mol. The van der Waals surface area contributed by atoms with E-state index in [1.165, 1.54) is 0 Å². The van der Waals surface area contributed by atoms with Gasteiger partial charge in [-0.25, -0.2) is 0 Å². The van der Waals surface area contributed by atoms with E-state index in [0.29, 0.717) is 22.5 Å². The highest BCUT2D eigenvalue weighted by atomic mass is 16.5. The van der Waals surface area contributed by atoms with Crippen molar-refractivity contribution in [3.05, 3.63) is 68.9 Å². The van der Waals surface area contributed by atoms with Gasteiger partial charge in [-0.05, 0) is 35.7 Å². The van der Waals surface area contributed by atoms with Crippen LogP contribution in [0.25, 0.3) is 10.9 Å². The fourth-order valence-electron chi connectivity index (χ4n) is 2.23. The van der Waals surface area contributed by atoms with Crippen LogP contribution in [0.2, 0.25) is 0 Å². The molecule has 3 aromatic rings. The fraction of sp³-hybridized carbons (Fsp3) is 0.125. The highest BCUT2D eigenvalue weighted by Gasteiger charge is 2.05. The van der Waals surface area contributed by atoms with Crippen LogP contribution < -0.4 is 21.2 Å². The number of fused-ring (bicyclic) bond motifs is 1. The molecule has 6 heteroatoms. The maximum atomic E-state index is 12.1. The van der Waals surface area contributed by atoms with Gasteiger partial charge in [-0.3, -0.25) is 9.59 Å². The number of benzene rings is 1. The van der Waals surface area contributed by atoms with E-state index in [2.05, 4.69) is 15.3 Å². The molecule has 0 saturated heterocycles. The maximum Gasteiger partial charge on any atom is 0.271 e. The van der Waals surface area contributed by atoms with Crippen LogP contribution >= 0.6 is 0 Å². The number of pyridine rings is 2. The zero-order valence-corrected chi connectivity index (χ0v) is 12.0. The van der Waals surface area contributed by atoms with Gasteiger partial charge >= 0.3 is 0 Å². The lowest BCUT2D eigenvalue weighted by Crippen LogP contribution is -2.18. The van der Waals surface area contributed by atoms with Crippen LogP contribution in [0.15, 0.2) is 52.2 Å². The van der Waals surface area contributed by atoms with Gasteiger partial charge in [0.2, 0.25) is 0 Å². The number of rotatable bonds is 4. The Bertz CT molecular complexity index is 928. The average molecular weight is 297 g/mol. The third kappa shape index (κ3) is 2.71. The Labute approximate surface area is 125 Å². The summed E-state index contributed by atoms with van der Waals surface area (Å²) in [6, 6.07) is 10.7. The highest BCUT2D eigenvalue weighted by molar-refractivity contribution is 5.80. The molecule has 0 bridgehead atoms. The second-order valence-electron chi connectivity index (χ2n) is 4.84. The number of aromatic nitrogens is 2. The van der Waals surface area contributed by atoms with Crippen molar-refractivity contribution in [2.75, 3.05) is 12.4 Å². The molecule has 112 valence electrons. The smallest absolute Gasteiger partial charge is 0.271 e. The van der Waals surface area contributed by atoms with E-state index in [-0.39, 0.29) is 17.7 Å². The second kappa shape index (κ2) is 5.77. The molecule has 1 aromatic carbocycles. The normalized spacial score (nSPS) is 10.6. The number of hydrogen-bond donors (Lipinski definition) is 3. The van der Waals surface area contributed by atoms with E-state index >= 15 is 0 Å². The molecule has 2 aromatic heterocycles. The summed E-state index contributed by atoms with van der Waals surface area (Å²) in [6.07, 6.45) is 1.56. The summed E-state index contributed by atoms with van der Waals surface area (Å²) in [6.45, 7) is 0.268. The number of H-pyrrole nitrogens is 2. The maximum absolute atomic E-state index is 12.1. The lowest BCUT2D eigenvalue weighted by atomic mass is 10.1. The van der Waals surface area contributed by atoms with Gasteiger partial charge in [0.25, 0.3) is 11.1 Å². The molecule has 2 heterocycles. The number of hydrogen-bond acceptors (Lipinski definition) is 4. The Morgan fingerprint density at radius 2 is 2.00 bits per heavy atom. The Balaban J connectivity index is 1.91. The van der Waals surface area contributed by atoms with Gasteiger partial charge in [0, 0.05) is 24.4 Å². The third-order valence-corrected chi connectivity index (χ3v) is 3.42. The van der Waals surface area contributed by atoms with Gasteiger partial charge in [-0.1, -0.05) is 0 Å². The predicted octanol–water partition coefficient (Wildman–Crippen LogP) is 1.84. The molecule has 0 unspecified atom stereocenters. The number of methoxy groups -OCH3 is 1. The Hall–Kier alpha value is -3.02. The lowest BCUT2D eigenvalue weighted by Gasteiger charge is -2.07. The van der Waals surface area contributed by atoms with E-state index in [0.717, 1.165) is 5.39 Å². The zero-order chi connectivity index (χ0) is 15.5. The van der Waals surface area contributed by atoms with Crippen molar-refractivity contribution in [2.45, 2.75) is 6.54 Å². The predicted molar refractivity (Wildman–Crippen MR) is 85.5 cm³/mol. The van der Waals surface area contributed by atoms with Crippen LogP contribution in [0.4, 0.5) is 5.69 Å². The molecule has 0 fully saturated rings. The molecule has 3 N–H and O–H groups in total. The zero-order valence-electron chi connectivity index (χ0n) is 12.0. The van der Waals surface area contributed by atoms with E-state index in [1.54, 1.807) is 37.6 Å². The first kappa shape index (κ1) is 13.9. The minimum absolute atomic E-state index is 0.194. The summed E-state index contributed by atoms with van der Waals surface area (Å²) in [7, 11) is 1.58.